The second-order valence-electron chi connectivity index (χ2n) is 3.63. The maximum Gasteiger partial charge on any atom is 0.310 e. The highest BCUT2D eigenvalue weighted by molar-refractivity contribution is 5.97. The van der Waals surface area contributed by atoms with E-state index in [1.54, 1.807) is 6.92 Å². The summed E-state index contributed by atoms with van der Waals surface area (Å²) in [4.78, 5) is 22.1. The first-order valence-electron chi connectivity index (χ1n) is 5.04. The van der Waals surface area contributed by atoms with Gasteiger partial charge in [0.2, 0.25) is 0 Å². The zero-order valence-corrected chi connectivity index (χ0v) is 9.23. The molecule has 0 aromatic heterocycles. The average Bonchev–Trinajstić information content (AvgIpc) is 2.20. The molecule has 86 valence electrons. The predicted octanol–water partition coefficient (Wildman–Crippen LogP) is 2.17. The standard InChI is InChI=1S/C12H14O4/c1-3-9(12(15)16)8-4-5-11(14)10(6-8)7(2)13/h4-6,9,14H,3H2,1-2H3,(H,15,16). The van der Waals surface area contributed by atoms with E-state index >= 15 is 0 Å². The summed E-state index contributed by atoms with van der Waals surface area (Å²) in [5.74, 6) is -1.96. The molecule has 0 aliphatic rings. The fourth-order valence-corrected chi connectivity index (χ4v) is 1.61. The lowest BCUT2D eigenvalue weighted by Crippen LogP contribution is -2.11. The molecule has 0 fully saturated rings. The number of phenols is 1. The van der Waals surface area contributed by atoms with Crippen LogP contribution in [0.4, 0.5) is 0 Å². The Morgan fingerprint density at radius 1 is 1.38 bits per heavy atom. The Labute approximate surface area is 93.5 Å². The molecule has 0 aliphatic heterocycles. The number of Topliss-reactive ketones (excluding diaryl/α,β-unsaturated/α-hetero) is 1. The van der Waals surface area contributed by atoms with Crippen molar-refractivity contribution >= 4 is 11.8 Å². The van der Waals surface area contributed by atoms with E-state index in [0.29, 0.717) is 12.0 Å². The Bertz CT molecular complexity index is 423. The summed E-state index contributed by atoms with van der Waals surface area (Å²) >= 11 is 0. The van der Waals surface area contributed by atoms with Gasteiger partial charge in [0.15, 0.2) is 5.78 Å². The predicted molar refractivity (Wildman–Crippen MR) is 58.8 cm³/mol. The van der Waals surface area contributed by atoms with Crippen LogP contribution in [0.25, 0.3) is 0 Å². The molecule has 2 N–H and O–H groups in total. The summed E-state index contributed by atoms with van der Waals surface area (Å²) < 4.78 is 0. The van der Waals surface area contributed by atoms with Crippen LogP contribution in [0.5, 0.6) is 5.75 Å². The summed E-state index contributed by atoms with van der Waals surface area (Å²) in [6, 6.07) is 4.33. The molecule has 0 saturated carbocycles. The molecule has 4 heteroatoms. The maximum atomic E-state index is 11.2. The molecular weight excluding hydrogens is 208 g/mol. The highest BCUT2D eigenvalue weighted by Gasteiger charge is 2.19. The van der Waals surface area contributed by atoms with Gasteiger partial charge in [-0.1, -0.05) is 13.0 Å². The minimum absolute atomic E-state index is 0.114. The quantitative estimate of drug-likeness (QED) is 0.765. The van der Waals surface area contributed by atoms with Gasteiger partial charge in [0.25, 0.3) is 0 Å². The van der Waals surface area contributed by atoms with Gasteiger partial charge in [-0.15, -0.1) is 0 Å². The van der Waals surface area contributed by atoms with Crippen LogP contribution in [-0.4, -0.2) is 22.0 Å². The van der Waals surface area contributed by atoms with Gasteiger partial charge in [0.05, 0.1) is 11.5 Å². The van der Waals surface area contributed by atoms with Crippen LogP contribution >= 0.6 is 0 Å². The zero-order valence-electron chi connectivity index (χ0n) is 9.23. The number of rotatable bonds is 4. The molecule has 1 atom stereocenters. The summed E-state index contributed by atoms with van der Waals surface area (Å²) in [6.07, 6.45) is 0.442. The molecule has 1 rings (SSSR count). The second-order valence-corrected chi connectivity index (χ2v) is 3.63. The number of hydrogen-bond donors (Lipinski definition) is 2. The molecule has 0 radical (unpaired) electrons. The lowest BCUT2D eigenvalue weighted by molar-refractivity contribution is -0.138. The highest BCUT2D eigenvalue weighted by atomic mass is 16.4. The smallest absolute Gasteiger partial charge is 0.310 e. The van der Waals surface area contributed by atoms with E-state index in [4.69, 9.17) is 5.11 Å². The largest absolute Gasteiger partial charge is 0.507 e. The van der Waals surface area contributed by atoms with Crippen molar-refractivity contribution in [2.75, 3.05) is 0 Å². The minimum atomic E-state index is -0.928. The average molecular weight is 222 g/mol. The number of carbonyl (C=O) groups is 2. The molecule has 0 saturated heterocycles. The number of ketones is 1. The van der Waals surface area contributed by atoms with Gasteiger partial charge in [0, 0.05) is 0 Å². The van der Waals surface area contributed by atoms with Crippen molar-refractivity contribution in [1.82, 2.24) is 0 Å². The van der Waals surface area contributed by atoms with Crippen LogP contribution in [0.3, 0.4) is 0 Å². The van der Waals surface area contributed by atoms with Crippen molar-refractivity contribution in [2.24, 2.45) is 0 Å². The van der Waals surface area contributed by atoms with Crippen molar-refractivity contribution in [3.63, 3.8) is 0 Å². The molecule has 0 aliphatic carbocycles. The number of carboxylic acids is 1. The molecule has 1 aromatic rings. The second kappa shape index (κ2) is 4.79. The Morgan fingerprint density at radius 3 is 2.44 bits per heavy atom. The number of phenolic OH excluding ortho intramolecular Hbond substituents is 1. The third-order valence-corrected chi connectivity index (χ3v) is 2.51. The molecule has 0 amide bonds. The van der Waals surface area contributed by atoms with E-state index in [2.05, 4.69) is 0 Å². The molecule has 0 spiro atoms. The van der Waals surface area contributed by atoms with E-state index in [9.17, 15) is 14.7 Å². The van der Waals surface area contributed by atoms with Crippen molar-refractivity contribution in [1.29, 1.82) is 0 Å². The van der Waals surface area contributed by atoms with Gasteiger partial charge in [-0.05, 0) is 31.0 Å². The van der Waals surface area contributed by atoms with E-state index in [0.717, 1.165) is 0 Å². The van der Waals surface area contributed by atoms with E-state index < -0.39 is 11.9 Å². The summed E-state index contributed by atoms with van der Waals surface area (Å²) in [6.45, 7) is 3.10. The lowest BCUT2D eigenvalue weighted by Gasteiger charge is -2.11. The summed E-state index contributed by atoms with van der Waals surface area (Å²) in [5, 5.41) is 18.4. The SMILES string of the molecule is CCC(C(=O)O)c1ccc(O)c(C(C)=O)c1. The van der Waals surface area contributed by atoms with E-state index in [1.807, 2.05) is 0 Å². The van der Waals surface area contributed by atoms with Crippen molar-refractivity contribution in [3.8, 4) is 5.75 Å². The number of hydrogen-bond acceptors (Lipinski definition) is 3. The Balaban J connectivity index is 3.21. The molecule has 0 heterocycles. The molecular formula is C12H14O4. The fraction of sp³-hybridized carbons (Fsp3) is 0.333. The highest BCUT2D eigenvalue weighted by Crippen LogP contribution is 2.26. The summed E-state index contributed by atoms with van der Waals surface area (Å²) in [5.41, 5.74) is 0.704. The Hall–Kier alpha value is -1.84. The van der Waals surface area contributed by atoms with Crippen LogP contribution in [0.1, 0.15) is 42.1 Å². The van der Waals surface area contributed by atoms with Gasteiger partial charge in [-0.2, -0.15) is 0 Å². The van der Waals surface area contributed by atoms with Crippen LogP contribution in [0, 0.1) is 0 Å². The van der Waals surface area contributed by atoms with Gasteiger partial charge in [-0.3, -0.25) is 9.59 Å². The third-order valence-electron chi connectivity index (χ3n) is 2.51. The van der Waals surface area contributed by atoms with Gasteiger partial charge in [-0.25, -0.2) is 0 Å². The normalized spacial score (nSPS) is 12.1. The topological polar surface area (TPSA) is 74.6 Å². The molecule has 0 bridgehead atoms. The van der Waals surface area contributed by atoms with E-state index in [1.165, 1.54) is 25.1 Å². The molecule has 4 nitrogen and oxygen atoms in total. The van der Waals surface area contributed by atoms with Gasteiger partial charge in [0.1, 0.15) is 5.75 Å². The van der Waals surface area contributed by atoms with Gasteiger partial charge >= 0.3 is 5.97 Å². The third kappa shape index (κ3) is 2.39. The fourth-order valence-electron chi connectivity index (χ4n) is 1.61. The van der Waals surface area contributed by atoms with E-state index in [-0.39, 0.29) is 17.1 Å². The number of aromatic hydroxyl groups is 1. The number of aliphatic carboxylic acids is 1. The first-order chi connectivity index (χ1) is 7.47. The van der Waals surface area contributed by atoms with Crippen LogP contribution < -0.4 is 0 Å². The summed E-state index contributed by atoms with van der Waals surface area (Å²) in [7, 11) is 0. The first kappa shape index (κ1) is 12.2. The van der Waals surface area contributed by atoms with Crippen molar-refractivity contribution in [3.05, 3.63) is 29.3 Å². The molecule has 1 unspecified atom stereocenters. The van der Waals surface area contributed by atoms with Crippen LogP contribution in [0.15, 0.2) is 18.2 Å². The number of benzene rings is 1. The lowest BCUT2D eigenvalue weighted by atomic mass is 9.94. The Morgan fingerprint density at radius 2 is 2.00 bits per heavy atom. The zero-order chi connectivity index (χ0) is 12.3. The van der Waals surface area contributed by atoms with Crippen LogP contribution in [0.2, 0.25) is 0 Å². The number of carboxylic acid groups (broad SMARTS) is 1. The van der Waals surface area contributed by atoms with Crippen molar-refractivity contribution < 1.29 is 19.8 Å². The monoisotopic (exact) mass is 222 g/mol. The maximum absolute atomic E-state index is 11.2. The molecule has 16 heavy (non-hydrogen) atoms. The van der Waals surface area contributed by atoms with Gasteiger partial charge < -0.3 is 10.2 Å². The van der Waals surface area contributed by atoms with Crippen molar-refractivity contribution in [2.45, 2.75) is 26.2 Å². The minimum Gasteiger partial charge on any atom is -0.507 e. The Kier molecular flexibility index (Phi) is 3.66. The first-order valence-corrected chi connectivity index (χ1v) is 5.04. The molecule has 1 aromatic carbocycles. The number of carbonyl (C=O) groups excluding carboxylic acids is 1. The van der Waals surface area contributed by atoms with Crippen LogP contribution in [-0.2, 0) is 4.79 Å².